The monoisotopic (exact) mass is 382 g/mol. The normalized spacial score (nSPS) is 12.4. The van der Waals surface area contributed by atoms with Crippen molar-refractivity contribution in [3.63, 3.8) is 0 Å². The minimum atomic E-state index is -0.106. The standard InChI is InChI=1S/C21H22N2O5/c1-25-17-4-3-13(7-18(17)26-2)5-6-22-11-15-8-14-9-19-20(28-12-27-19)10-16(14)23-21(15)24/h3-4,7-10,22H,5-6,11-12H2,1-2H3,(H,23,24). The van der Waals surface area contributed by atoms with Gasteiger partial charge in [0.15, 0.2) is 23.0 Å². The van der Waals surface area contributed by atoms with Crippen molar-refractivity contribution in [2.24, 2.45) is 0 Å². The van der Waals surface area contributed by atoms with Gasteiger partial charge in [0.1, 0.15) is 0 Å². The van der Waals surface area contributed by atoms with Gasteiger partial charge in [0.2, 0.25) is 6.79 Å². The molecule has 1 aromatic heterocycles. The molecule has 7 nitrogen and oxygen atoms in total. The van der Waals surface area contributed by atoms with Crippen molar-refractivity contribution in [3.8, 4) is 23.0 Å². The Hall–Kier alpha value is -3.19. The molecule has 0 atom stereocenters. The van der Waals surface area contributed by atoms with Gasteiger partial charge in [0, 0.05) is 23.6 Å². The van der Waals surface area contributed by atoms with Crippen LogP contribution in [0.25, 0.3) is 10.9 Å². The Bertz CT molecular complexity index is 1060. The van der Waals surface area contributed by atoms with Crippen LogP contribution in [-0.2, 0) is 13.0 Å². The third-order valence-electron chi connectivity index (χ3n) is 4.77. The Labute approximate surface area is 162 Å². The Morgan fingerprint density at radius 1 is 1.04 bits per heavy atom. The molecule has 0 fully saturated rings. The molecule has 28 heavy (non-hydrogen) atoms. The molecule has 4 rings (SSSR count). The number of methoxy groups -OCH3 is 2. The number of H-pyrrole nitrogens is 1. The average molecular weight is 382 g/mol. The van der Waals surface area contributed by atoms with Crippen molar-refractivity contribution in [3.05, 3.63) is 57.9 Å². The maximum atomic E-state index is 12.4. The molecule has 3 aromatic rings. The van der Waals surface area contributed by atoms with Crippen LogP contribution in [-0.4, -0.2) is 32.5 Å². The molecule has 0 saturated heterocycles. The molecule has 2 N–H and O–H groups in total. The largest absolute Gasteiger partial charge is 0.493 e. The second-order valence-electron chi connectivity index (χ2n) is 6.53. The maximum Gasteiger partial charge on any atom is 0.252 e. The summed E-state index contributed by atoms with van der Waals surface area (Å²) in [7, 11) is 3.24. The van der Waals surface area contributed by atoms with Gasteiger partial charge in [0.05, 0.1) is 19.7 Å². The van der Waals surface area contributed by atoms with Crippen LogP contribution in [0.2, 0.25) is 0 Å². The highest BCUT2D eigenvalue weighted by Gasteiger charge is 2.15. The summed E-state index contributed by atoms with van der Waals surface area (Å²) in [5, 5.41) is 4.24. The van der Waals surface area contributed by atoms with Crippen LogP contribution in [0.1, 0.15) is 11.1 Å². The molecular formula is C21H22N2O5. The number of aromatic nitrogens is 1. The van der Waals surface area contributed by atoms with Gasteiger partial charge in [-0.1, -0.05) is 6.07 Å². The predicted octanol–water partition coefficient (Wildman–Crippen LogP) is 2.61. The van der Waals surface area contributed by atoms with E-state index in [1.54, 1.807) is 20.3 Å². The summed E-state index contributed by atoms with van der Waals surface area (Å²) in [5.74, 6) is 2.78. The third kappa shape index (κ3) is 3.61. The van der Waals surface area contributed by atoms with E-state index in [-0.39, 0.29) is 12.4 Å². The Kier molecular flexibility index (Phi) is 5.08. The van der Waals surface area contributed by atoms with Gasteiger partial charge in [-0.2, -0.15) is 0 Å². The van der Waals surface area contributed by atoms with Crippen molar-refractivity contribution >= 4 is 10.9 Å². The van der Waals surface area contributed by atoms with Gasteiger partial charge in [-0.05, 0) is 42.8 Å². The maximum absolute atomic E-state index is 12.4. The summed E-state index contributed by atoms with van der Waals surface area (Å²) in [6.45, 7) is 1.42. The molecule has 0 amide bonds. The number of hydrogen-bond acceptors (Lipinski definition) is 6. The molecule has 2 aromatic carbocycles. The summed E-state index contributed by atoms with van der Waals surface area (Å²) in [5.41, 5.74) is 2.44. The number of fused-ring (bicyclic) bond motifs is 2. The second kappa shape index (κ2) is 7.82. The molecule has 0 saturated carbocycles. The average Bonchev–Trinajstić information content (AvgIpc) is 3.16. The fourth-order valence-corrected chi connectivity index (χ4v) is 3.26. The molecular weight excluding hydrogens is 360 g/mol. The lowest BCUT2D eigenvalue weighted by Crippen LogP contribution is -2.22. The zero-order valence-corrected chi connectivity index (χ0v) is 15.8. The van der Waals surface area contributed by atoms with E-state index in [2.05, 4.69) is 10.3 Å². The van der Waals surface area contributed by atoms with E-state index in [1.165, 1.54) is 0 Å². The van der Waals surface area contributed by atoms with Crippen LogP contribution in [0.3, 0.4) is 0 Å². The number of nitrogens with one attached hydrogen (secondary N) is 2. The number of ether oxygens (including phenoxy) is 4. The molecule has 0 bridgehead atoms. The molecule has 0 spiro atoms. The SMILES string of the molecule is COc1ccc(CCNCc2cc3cc4c(cc3[nH]c2=O)OCO4)cc1OC. The van der Waals surface area contributed by atoms with Crippen molar-refractivity contribution in [1.29, 1.82) is 0 Å². The molecule has 0 unspecified atom stereocenters. The summed E-state index contributed by atoms with van der Waals surface area (Å²) in [6.07, 6.45) is 0.810. The fourth-order valence-electron chi connectivity index (χ4n) is 3.26. The van der Waals surface area contributed by atoms with Crippen LogP contribution in [0.4, 0.5) is 0 Å². The van der Waals surface area contributed by atoms with Crippen LogP contribution in [0, 0.1) is 0 Å². The first kappa shape index (κ1) is 18.2. The molecule has 0 aliphatic carbocycles. The summed E-state index contributed by atoms with van der Waals surface area (Å²) in [6, 6.07) is 11.4. The van der Waals surface area contributed by atoms with Gasteiger partial charge in [0.25, 0.3) is 5.56 Å². The van der Waals surface area contributed by atoms with Crippen molar-refractivity contribution < 1.29 is 18.9 Å². The van der Waals surface area contributed by atoms with E-state index in [4.69, 9.17) is 18.9 Å². The molecule has 1 aliphatic heterocycles. The van der Waals surface area contributed by atoms with E-state index >= 15 is 0 Å². The Morgan fingerprint density at radius 3 is 2.61 bits per heavy atom. The molecule has 1 aliphatic rings. The minimum Gasteiger partial charge on any atom is -0.493 e. The highest BCUT2D eigenvalue weighted by molar-refractivity contribution is 5.83. The number of rotatable bonds is 7. The Balaban J connectivity index is 1.41. The summed E-state index contributed by atoms with van der Waals surface area (Å²) in [4.78, 5) is 15.3. The number of pyridine rings is 1. The molecule has 2 heterocycles. The fraction of sp³-hybridized carbons (Fsp3) is 0.286. The van der Waals surface area contributed by atoms with E-state index in [0.717, 1.165) is 29.4 Å². The number of hydrogen-bond donors (Lipinski definition) is 2. The molecule has 7 heteroatoms. The van der Waals surface area contributed by atoms with E-state index in [0.29, 0.717) is 35.1 Å². The van der Waals surface area contributed by atoms with Gasteiger partial charge in [-0.3, -0.25) is 4.79 Å². The highest BCUT2D eigenvalue weighted by atomic mass is 16.7. The van der Waals surface area contributed by atoms with Crippen molar-refractivity contribution in [1.82, 2.24) is 10.3 Å². The lowest BCUT2D eigenvalue weighted by Gasteiger charge is -2.10. The van der Waals surface area contributed by atoms with Crippen LogP contribution >= 0.6 is 0 Å². The van der Waals surface area contributed by atoms with Gasteiger partial charge < -0.3 is 29.2 Å². The summed E-state index contributed by atoms with van der Waals surface area (Å²) >= 11 is 0. The quantitative estimate of drug-likeness (QED) is 0.612. The topological polar surface area (TPSA) is 81.8 Å². The van der Waals surface area contributed by atoms with Crippen LogP contribution in [0.5, 0.6) is 23.0 Å². The van der Waals surface area contributed by atoms with E-state index < -0.39 is 0 Å². The first-order valence-corrected chi connectivity index (χ1v) is 9.05. The van der Waals surface area contributed by atoms with E-state index in [9.17, 15) is 4.79 Å². The van der Waals surface area contributed by atoms with E-state index in [1.807, 2.05) is 30.3 Å². The molecule has 146 valence electrons. The predicted molar refractivity (Wildman–Crippen MR) is 106 cm³/mol. The zero-order chi connectivity index (χ0) is 19.5. The number of aromatic amines is 1. The van der Waals surface area contributed by atoms with Gasteiger partial charge in [-0.15, -0.1) is 0 Å². The zero-order valence-electron chi connectivity index (χ0n) is 15.8. The first-order valence-electron chi connectivity index (χ1n) is 9.05. The highest BCUT2D eigenvalue weighted by Crippen LogP contribution is 2.35. The smallest absolute Gasteiger partial charge is 0.252 e. The Morgan fingerprint density at radius 2 is 1.82 bits per heavy atom. The number of benzene rings is 2. The molecule has 0 radical (unpaired) electrons. The van der Waals surface area contributed by atoms with Gasteiger partial charge >= 0.3 is 0 Å². The van der Waals surface area contributed by atoms with Crippen molar-refractivity contribution in [2.75, 3.05) is 27.6 Å². The third-order valence-corrected chi connectivity index (χ3v) is 4.77. The van der Waals surface area contributed by atoms with Crippen LogP contribution in [0.15, 0.2) is 41.2 Å². The summed E-state index contributed by atoms with van der Waals surface area (Å²) < 4.78 is 21.4. The lowest BCUT2D eigenvalue weighted by molar-refractivity contribution is 0.174. The minimum absolute atomic E-state index is 0.106. The van der Waals surface area contributed by atoms with Gasteiger partial charge in [-0.25, -0.2) is 0 Å². The van der Waals surface area contributed by atoms with Crippen molar-refractivity contribution in [2.45, 2.75) is 13.0 Å². The lowest BCUT2D eigenvalue weighted by atomic mass is 10.1. The second-order valence-corrected chi connectivity index (χ2v) is 6.53. The van der Waals surface area contributed by atoms with Crippen LogP contribution < -0.4 is 29.8 Å². The first-order chi connectivity index (χ1) is 13.7.